The van der Waals surface area contributed by atoms with E-state index >= 15 is 0 Å². The van der Waals surface area contributed by atoms with Crippen LogP contribution in [0.3, 0.4) is 0 Å². The molecule has 144 valence electrons. The summed E-state index contributed by atoms with van der Waals surface area (Å²) in [6.07, 6.45) is 5.78. The minimum atomic E-state index is 0.0731. The zero-order valence-electron chi connectivity index (χ0n) is 15.8. The number of fused-ring (bicyclic) bond motifs is 2. The highest BCUT2D eigenvalue weighted by atomic mass is 35.5. The Morgan fingerprint density at radius 3 is 2.85 bits per heavy atom. The van der Waals surface area contributed by atoms with Crippen molar-refractivity contribution in [1.29, 1.82) is 0 Å². The Balaban J connectivity index is 1.62. The molecule has 0 unspecified atom stereocenters. The Kier molecular flexibility index (Phi) is 5.10. The third-order valence-electron chi connectivity index (χ3n) is 5.87. The summed E-state index contributed by atoms with van der Waals surface area (Å²) in [5.74, 6) is 1.81. The Morgan fingerprint density at radius 1 is 1.33 bits per heavy atom. The predicted molar refractivity (Wildman–Crippen MR) is 108 cm³/mol. The molecule has 1 saturated carbocycles. The minimum Gasteiger partial charge on any atom is -0.338 e. The van der Waals surface area contributed by atoms with E-state index in [4.69, 9.17) is 11.8 Å². The van der Waals surface area contributed by atoms with Crippen molar-refractivity contribution in [3.63, 3.8) is 0 Å². The van der Waals surface area contributed by atoms with Gasteiger partial charge in [-0.25, -0.2) is 4.84 Å². The molecule has 7 heteroatoms. The number of aromatic nitrogens is 2. The van der Waals surface area contributed by atoms with E-state index in [2.05, 4.69) is 40.4 Å². The van der Waals surface area contributed by atoms with Gasteiger partial charge in [0.2, 0.25) is 5.91 Å². The third kappa shape index (κ3) is 3.56. The van der Waals surface area contributed by atoms with Crippen molar-refractivity contribution in [2.45, 2.75) is 39.2 Å². The fraction of sp³-hybridized carbons (Fsp3) is 0.500. The van der Waals surface area contributed by atoms with Crippen molar-refractivity contribution >= 4 is 34.9 Å². The number of nitrogens with zero attached hydrogens (tertiary/aromatic N) is 3. The highest BCUT2D eigenvalue weighted by Crippen LogP contribution is 2.39. The Labute approximate surface area is 165 Å². The van der Waals surface area contributed by atoms with Gasteiger partial charge < -0.3 is 10.2 Å². The molecule has 1 aromatic carbocycles. The lowest BCUT2D eigenvalue weighted by atomic mass is 9.81. The van der Waals surface area contributed by atoms with Crippen molar-refractivity contribution in [1.82, 2.24) is 14.6 Å². The van der Waals surface area contributed by atoms with Gasteiger partial charge >= 0.3 is 0 Å². The topological polar surface area (TPSA) is 62.2 Å². The van der Waals surface area contributed by atoms with E-state index in [9.17, 15) is 4.79 Å². The summed E-state index contributed by atoms with van der Waals surface area (Å²) in [6, 6.07) is 6.22. The number of aryl methyl sites for hydroxylation is 2. The van der Waals surface area contributed by atoms with Crippen LogP contribution in [0.15, 0.2) is 24.4 Å². The smallest absolute Gasteiger partial charge is 0.230 e. The number of carbonyl (C=O) groups is 1. The van der Waals surface area contributed by atoms with Gasteiger partial charge in [0.15, 0.2) is 0 Å². The van der Waals surface area contributed by atoms with E-state index in [1.165, 1.54) is 0 Å². The Morgan fingerprint density at radius 2 is 2.11 bits per heavy atom. The number of hydrogen-bond acceptors (Lipinski definition) is 4. The maximum absolute atomic E-state index is 13.5. The number of rotatable bonds is 3. The molecule has 0 atom stereocenters. The number of anilines is 3. The third-order valence-corrected chi connectivity index (χ3v) is 6.02. The lowest BCUT2D eigenvalue weighted by Gasteiger charge is -2.32. The molecule has 0 radical (unpaired) electrons. The molecule has 1 aromatic heterocycles. The number of benzene rings is 1. The standard InChI is InChI=1S/C20H26ClN5O/c1-13-3-8-18-17(9-13)24-19-16(11-23-25(19)2)12-26(18)20(27)15-6-4-14(5-7-15)10-22-21/h3,8-9,11,14-15,22,24H,4-7,10,12H2,1-2H3. The SMILES string of the molecule is Cc1ccc2c(c1)Nc1c(cnn1C)CN2C(=O)C1CCC(CNCl)CC1. The summed E-state index contributed by atoms with van der Waals surface area (Å²) in [5.41, 5.74) is 4.12. The van der Waals surface area contributed by atoms with Gasteiger partial charge in [0.25, 0.3) is 0 Å². The van der Waals surface area contributed by atoms with Crippen molar-refractivity contribution in [3.05, 3.63) is 35.5 Å². The molecule has 1 aliphatic carbocycles. The molecule has 2 heterocycles. The largest absolute Gasteiger partial charge is 0.338 e. The molecule has 1 fully saturated rings. The van der Waals surface area contributed by atoms with Crippen molar-refractivity contribution in [3.8, 4) is 0 Å². The molecule has 1 aliphatic heterocycles. The molecule has 2 aliphatic rings. The van der Waals surface area contributed by atoms with Crippen LogP contribution in [0.5, 0.6) is 0 Å². The molecule has 2 aromatic rings. The molecule has 0 bridgehead atoms. The average molecular weight is 388 g/mol. The summed E-state index contributed by atoms with van der Waals surface area (Å²) in [4.78, 5) is 18.2. The van der Waals surface area contributed by atoms with Crippen LogP contribution in [0.4, 0.5) is 17.2 Å². The molecule has 0 spiro atoms. The lowest BCUT2D eigenvalue weighted by Crippen LogP contribution is -2.38. The second-order valence-corrected chi connectivity index (χ2v) is 8.03. The van der Waals surface area contributed by atoms with Gasteiger partial charge in [-0.1, -0.05) is 6.07 Å². The fourth-order valence-electron chi connectivity index (χ4n) is 4.27. The minimum absolute atomic E-state index is 0.0731. The normalized spacial score (nSPS) is 21.8. The van der Waals surface area contributed by atoms with Gasteiger partial charge in [0.1, 0.15) is 5.82 Å². The van der Waals surface area contributed by atoms with Crippen LogP contribution in [-0.2, 0) is 18.4 Å². The summed E-state index contributed by atoms with van der Waals surface area (Å²) in [5, 5.41) is 7.86. The van der Waals surface area contributed by atoms with E-state index < -0.39 is 0 Å². The van der Waals surface area contributed by atoms with Crippen molar-refractivity contribution in [2.75, 3.05) is 16.8 Å². The fourth-order valence-corrected chi connectivity index (χ4v) is 4.49. The number of nitrogens with one attached hydrogen (secondary N) is 2. The van der Waals surface area contributed by atoms with Gasteiger partial charge in [-0.2, -0.15) is 5.10 Å². The number of carbonyl (C=O) groups excluding carboxylic acids is 1. The van der Waals surface area contributed by atoms with Crippen LogP contribution in [0.2, 0.25) is 0 Å². The van der Waals surface area contributed by atoms with Gasteiger partial charge in [0, 0.05) is 25.1 Å². The first-order valence-corrected chi connectivity index (χ1v) is 9.98. The first-order valence-electron chi connectivity index (χ1n) is 9.60. The van der Waals surface area contributed by atoms with Crippen LogP contribution >= 0.6 is 11.8 Å². The number of halogens is 1. The van der Waals surface area contributed by atoms with Crippen LogP contribution in [0.25, 0.3) is 0 Å². The summed E-state index contributed by atoms with van der Waals surface area (Å²) >= 11 is 5.65. The predicted octanol–water partition coefficient (Wildman–Crippen LogP) is 3.87. The quantitative estimate of drug-likeness (QED) is 0.785. The first kappa shape index (κ1) is 18.3. The highest BCUT2D eigenvalue weighted by molar-refractivity contribution is 6.13. The maximum atomic E-state index is 13.5. The van der Waals surface area contributed by atoms with E-state index in [1.54, 1.807) is 0 Å². The maximum Gasteiger partial charge on any atom is 0.230 e. The molecule has 6 nitrogen and oxygen atoms in total. The van der Waals surface area contributed by atoms with Gasteiger partial charge in [-0.05, 0) is 68.0 Å². The van der Waals surface area contributed by atoms with Crippen molar-refractivity contribution in [2.24, 2.45) is 18.9 Å². The summed E-state index contributed by atoms with van der Waals surface area (Å²) in [7, 11) is 1.92. The Hall–Kier alpha value is -2.05. The molecule has 27 heavy (non-hydrogen) atoms. The Bertz CT molecular complexity index is 841. The average Bonchev–Trinajstić information content (AvgIpc) is 2.92. The second-order valence-electron chi connectivity index (χ2n) is 7.77. The van der Waals surface area contributed by atoms with Gasteiger partial charge in [-0.3, -0.25) is 9.48 Å². The van der Waals surface area contributed by atoms with E-state index in [0.29, 0.717) is 12.5 Å². The van der Waals surface area contributed by atoms with Gasteiger partial charge in [0.05, 0.1) is 24.1 Å². The molecule has 2 N–H and O–H groups in total. The van der Waals surface area contributed by atoms with E-state index in [-0.39, 0.29) is 11.8 Å². The number of hydrogen-bond donors (Lipinski definition) is 2. The second kappa shape index (κ2) is 7.52. The van der Waals surface area contributed by atoms with Crippen LogP contribution < -0.4 is 15.1 Å². The van der Waals surface area contributed by atoms with Crippen LogP contribution in [0.1, 0.15) is 36.8 Å². The van der Waals surface area contributed by atoms with Crippen LogP contribution in [0, 0.1) is 18.8 Å². The van der Waals surface area contributed by atoms with E-state index in [1.807, 2.05) is 22.8 Å². The first-order chi connectivity index (χ1) is 13.1. The number of amides is 1. The monoisotopic (exact) mass is 387 g/mol. The van der Waals surface area contributed by atoms with Crippen LogP contribution in [-0.4, -0.2) is 22.2 Å². The molecular formula is C20H26ClN5O. The summed E-state index contributed by atoms with van der Waals surface area (Å²) < 4.78 is 1.83. The molecule has 4 rings (SSSR count). The zero-order valence-corrected chi connectivity index (χ0v) is 16.6. The molecule has 1 amide bonds. The van der Waals surface area contributed by atoms with E-state index in [0.717, 1.165) is 60.5 Å². The molecule has 0 saturated heterocycles. The molecular weight excluding hydrogens is 362 g/mol. The highest BCUT2D eigenvalue weighted by Gasteiger charge is 2.33. The zero-order chi connectivity index (χ0) is 19.0. The van der Waals surface area contributed by atoms with Gasteiger partial charge in [-0.15, -0.1) is 0 Å². The lowest BCUT2D eigenvalue weighted by molar-refractivity contribution is -0.123. The van der Waals surface area contributed by atoms with Crippen molar-refractivity contribution < 1.29 is 4.79 Å². The summed E-state index contributed by atoms with van der Waals surface area (Å²) in [6.45, 7) is 3.43.